The van der Waals surface area contributed by atoms with E-state index in [1.807, 2.05) is 0 Å². The van der Waals surface area contributed by atoms with Crippen LogP contribution < -0.4 is 0 Å². The third kappa shape index (κ3) is 77.8. The molecule has 3 N–H and O–H groups in total. The van der Waals surface area contributed by atoms with Crippen molar-refractivity contribution in [2.75, 3.05) is 39.6 Å². The van der Waals surface area contributed by atoms with E-state index in [1.54, 1.807) is 0 Å². The van der Waals surface area contributed by atoms with Crippen molar-refractivity contribution in [1.82, 2.24) is 0 Å². The van der Waals surface area contributed by atoms with Gasteiger partial charge in [-0.15, -0.1) is 0 Å². The number of aliphatic hydroxyl groups excluding tert-OH is 1. The van der Waals surface area contributed by atoms with Gasteiger partial charge in [0.15, 0.2) is 12.2 Å². The van der Waals surface area contributed by atoms with Crippen LogP contribution in [-0.2, 0) is 65.4 Å². The summed E-state index contributed by atoms with van der Waals surface area (Å²) in [5.74, 6) is 1.12. The highest BCUT2D eigenvalue weighted by atomic mass is 31.2. The molecule has 0 saturated heterocycles. The van der Waals surface area contributed by atoms with Crippen molar-refractivity contribution in [3.8, 4) is 0 Å². The molecule has 107 heavy (non-hydrogen) atoms. The van der Waals surface area contributed by atoms with Crippen molar-refractivity contribution in [3.05, 3.63) is 0 Å². The monoisotopic (exact) mass is 1560 g/mol. The predicted octanol–water partition coefficient (Wildman–Crippen LogP) is 26.7. The zero-order valence-electron chi connectivity index (χ0n) is 70.8. The maximum atomic E-state index is 13.2. The number of phosphoric acid groups is 2. The fraction of sp³-hybridized carbons (Fsp3) is 0.955. The van der Waals surface area contributed by atoms with E-state index in [0.29, 0.717) is 25.7 Å². The largest absolute Gasteiger partial charge is 0.472 e. The molecular formula is C88H172O17P2. The first-order valence-corrected chi connectivity index (χ1v) is 48.3. The van der Waals surface area contributed by atoms with Gasteiger partial charge in [0.2, 0.25) is 0 Å². The van der Waals surface area contributed by atoms with E-state index in [0.717, 1.165) is 120 Å². The Bertz CT molecular complexity index is 2080. The molecule has 0 aliphatic rings. The standard InChI is InChI=1S/C88H172O17P2/c1-9-79(6)65-57-49-41-35-29-25-21-17-13-15-19-23-27-31-38-44-54-62-70-87(92)104-83(74-98-85(90)68-60-52-43-37-30-26-22-18-14-12-16-20-24-28-34-40-48-56-64-78(4)5)76-102-106(94,95)100-72-82(89)73-101-107(96,97)103-77-84(75-99-86(91)69-61-53-47-46-51-59-67-81(8)11-3)105-88(93)71-63-55-45-39-33-32-36-42-50-58-66-80(7)10-2/h78-84,89H,9-77H2,1-8H3,(H,94,95)(H,96,97)/t79?,80?,81?,82-,83-,84-/m1/s1. The van der Waals surface area contributed by atoms with E-state index in [2.05, 4.69) is 55.4 Å². The van der Waals surface area contributed by atoms with Gasteiger partial charge in [0, 0.05) is 25.7 Å². The van der Waals surface area contributed by atoms with Crippen LogP contribution in [0.4, 0.5) is 0 Å². The lowest BCUT2D eigenvalue weighted by Gasteiger charge is -2.21. The lowest BCUT2D eigenvalue weighted by molar-refractivity contribution is -0.161. The Hall–Kier alpha value is -1.94. The number of unbranched alkanes of at least 4 members (excludes halogenated alkanes) is 48. The van der Waals surface area contributed by atoms with Gasteiger partial charge in [0.25, 0.3) is 0 Å². The molecule has 0 aromatic heterocycles. The molecular weight excluding hydrogens is 1390 g/mol. The molecule has 0 aliphatic heterocycles. The number of aliphatic hydroxyl groups is 1. The SMILES string of the molecule is CCC(C)CCCCCCCCCCCCCCCCCCCCC(=O)O[C@H](COC(=O)CCCCCCCCCCCCCCCCCCCCC(C)C)COP(=O)(O)OC[C@@H](O)COP(=O)(O)OC[C@@H](COC(=O)CCCCCCCCC(C)CC)OC(=O)CCCCCCCCCCCCC(C)CC. The Morgan fingerprint density at radius 2 is 0.449 bits per heavy atom. The molecule has 0 aliphatic carbocycles. The molecule has 0 bridgehead atoms. The highest BCUT2D eigenvalue weighted by Gasteiger charge is 2.31. The van der Waals surface area contributed by atoms with Crippen molar-refractivity contribution in [2.45, 2.75) is 478 Å². The van der Waals surface area contributed by atoms with E-state index in [-0.39, 0.29) is 25.7 Å². The summed E-state index contributed by atoms with van der Waals surface area (Å²) in [5, 5.41) is 10.7. The van der Waals surface area contributed by atoms with Crippen LogP contribution in [0.3, 0.4) is 0 Å². The van der Waals surface area contributed by atoms with Crippen molar-refractivity contribution < 1.29 is 80.2 Å². The second kappa shape index (κ2) is 76.7. The van der Waals surface area contributed by atoms with Gasteiger partial charge in [-0.05, 0) is 49.4 Å². The Balaban J connectivity index is 5.22. The van der Waals surface area contributed by atoms with Crippen LogP contribution in [0.5, 0.6) is 0 Å². The van der Waals surface area contributed by atoms with Gasteiger partial charge in [-0.1, -0.05) is 409 Å². The molecule has 19 heteroatoms. The van der Waals surface area contributed by atoms with Gasteiger partial charge in [-0.3, -0.25) is 37.3 Å². The van der Waals surface area contributed by atoms with Crippen LogP contribution in [0, 0.1) is 23.7 Å². The number of rotatable bonds is 85. The highest BCUT2D eigenvalue weighted by molar-refractivity contribution is 7.47. The fourth-order valence-electron chi connectivity index (χ4n) is 13.6. The summed E-state index contributed by atoms with van der Waals surface area (Å²) < 4.78 is 68.9. The van der Waals surface area contributed by atoms with Crippen LogP contribution in [0.25, 0.3) is 0 Å². The van der Waals surface area contributed by atoms with Gasteiger partial charge in [0.05, 0.1) is 26.4 Å². The van der Waals surface area contributed by atoms with Crippen molar-refractivity contribution in [2.24, 2.45) is 23.7 Å². The Morgan fingerprint density at radius 1 is 0.262 bits per heavy atom. The summed E-state index contributed by atoms with van der Waals surface area (Å²) in [6.45, 7) is 14.4. The smallest absolute Gasteiger partial charge is 0.462 e. The molecule has 0 fully saturated rings. The van der Waals surface area contributed by atoms with Crippen LogP contribution in [-0.4, -0.2) is 96.7 Å². The van der Waals surface area contributed by atoms with Crippen LogP contribution in [0.2, 0.25) is 0 Å². The molecule has 0 saturated carbocycles. The van der Waals surface area contributed by atoms with E-state index in [4.69, 9.17) is 37.0 Å². The third-order valence-electron chi connectivity index (χ3n) is 21.7. The number of hydrogen-bond acceptors (Lipinski definition) is 15. The van der Waals surface area contributed by atoms with Crippen molar-refractivity contribution in [1.29, 1.82) is 0 Å². The summed E-state index contributed by atoms with van der Waals surface area (Å²) in [6, 6.07) is 0. The molecule has 0 amide bonds. The number of phosphoric ester groups is 2. The molecule has 0 spiro atoms. The average molecular weight is 1560 g/mol. The predicted molar refractivity (Wildman–Crippen MR) is 441 cm³/mol. The summed E-state index contributed by atoms with van der Waals surface area (Å²) >= 11 is 0. The Morgan fingerprint density at radius 3 is 0.664 bits per heavy atom. The summed E-state index contributed by atoms with van der Waals surface area (Å²) in [6.07, 6.45) is 66.7. The van der Waals surface area contributed by atoms with Crippen LogP contribution in [0.15, 0.2) is 0 Å². The second-order valence-corrected chi connectivity index (χ2v) is 35.7. The van der Waals surface area contributed by atoms with Gasteiger partial charge in [-0.2, -0.15) is 0 Å². The molecule has 5 unspecified atom stereocenters. The normalized spacial score (nSPS) is 14.7. The topological polar surface area (TPSA) is 237 Å². The minimum Gasteiger partial charge on any atom is -0.462 e. The quantitative estimate of drug-likeness (QED) is 0.0222. The zero-order valence-corrected chi connectivity index (χ0v) is 72.6. The number of ether oxygens (including phenoxy) is 4. The van der Waals surface area contributed by atoms with Gasteiger partial charge in [0.1, 0.15) is 19.3 Å². The number of carbonyl (C=O) groups is 4. The second-order valence-electron chi connectivity index (χ2n) is 32.8. The molecule has 0 heterocycles. The van der Waals surface area contributed by atoms with E-state index in [9.17, 15) is 43.2 Å². The molecule has 636 valence electrons. The third-order valence-corrected chi connectivity index (χ3v) is 23.6. The minimum atomic E-state index is -4.97. The van der Waals surface area contributed by atoms with Crippen molar-refractivity contribution >= 4 is 39.5 Å². The fourth-order valence-corrected chi connectivity index (χ4v) is 15.2. The van der Waals surface area contributed by atoms with Gasteiger partial charge < -0.3 is 33.8 Å². The number of hydrogen-bond donors (Lipinski definition) is 3. The summed E-state index contributed by atoms with van der Waals surface area (Å²) in [5.41, 5.74) is 0. The van der Waals surface area contributed by atoms with Crippen molar-refractivity contribution in [3.63, 3.8) is 0 Å². The molecule has 0 radical (unpaired) electrons. The lowest BCUT2D eigenvalue weighted by Crippen LogP contribution is -2.30. The molecule has 0 rings (SSSR count). The van der Waals surface area contributed by atoms with E-state index < -0.39 is 97.5 Å². The van der Waals surface area contributed by atoms with Gasteiger partial charge in [-0.25, -0.2) is 9.13 Å². The first-order valence-electron chi connectivity index (χ1n) is 45.3. The van der Waals surface area contributed by atoms with Gasteiger partial charge >= 0.3 is 39.5 Å². The van der Waals surface area contributed by atoms with Crippen LogP contribution in [0.1, 0.15) is 460 Å². The lowest BCUT2D eigenvalue weighted by atomic mass is 9.99. The number of esters is 4. The summed E-state index contributed by atoms with van der Waals surface area (Å²) in [4.78, 5) is 73.2. The highest BCUT2D eigenvalue weighted by Crippen LogP contribution is 2.45. The Kier molecular flexibility index (Phi) is 75.3. The maximum Gasteiger partial charge on any atom is 0.472 e. The molecule has 0 aromatic carbocycles. The van der Waals surface area contributed by atoms with E-state index in [1.165, 1.54) is 257 Å². The molecule has 8 atom stereocenters. The molecule has 0 aromatic rings. The first kappa shape index (κ1) is 105. The maximum absolute atomic E-state index is 13.2. The zero-order chi connectivity index (χ0) is 78.8. The first-order chi connectivity index (χ1) is 51.7. The van der Waals surface area contributed by atoms with Crippen LogP contribution >= 0.6 is 15.6 Å². The Labute approximate surface area is 658 Å². The number of carbonyl (C=O) groups excluding carboxylic acids is 4. The minimum absolute atomic E-state index is 0.105. The average Bonchev–Trinajstić information content (AvgIpc) is 0.903. The van der Waals surface area contributed by atoms with E-state index >= 15 is 0 Å². The summed E-state index contributed by atoms with van der Waals surface area (Å²) in [7, 11) is -9.93. The molecule has 17 nitrogen and oxygen atoms in total.